The van der Waals surface area contributed by atoms with E-state index in [1.165, 1.54) is 11.8 Å². The topological polar surface area (TPSA) is 51.8 Å². The molecule has 100 valence electrons. The van der Waals surface area contributed by atoms with Crippen molar-refractivity contribution in [2.24, 2.45) is 5.73 Å². The smallest absolute Gasteiger partial charge is 0.192 e. The number of hydrogen-bond donors (Lipinski definition) is 1. The number of aromatic nitrogens is 2. The van der Waals surface area contributed by atoms with Crippen molar-refractivity contribution in [3.8, 4) is 0 Å². The first-order valence-corrected chi connectivity index (χ1v) is 7.25. The first-order valence-electron chi connectivity index (χ1n) is 6.05. The van der Waals surface area contributed by atoms with Gasteiger partial charge in [-0.05, 0) is 49.2 Å². The maximum Gasteiger partial charge on any atom is 0.192 e. The largest absolute Gasteiger partial charge is 0.328 e. The molecule has 1 aromatic heterocycles. The standard InChI is InChI=1S/C14H16ClN3S/c1-9-7-17-14(18-8-9)19-13-11(6-10(2)16)4-3-5-12(13)15/h3-5,7-8,10H,6,16H2,1-2H3. The number of halogens is 1. The van der Waals surface area contributed by atoms with Gasteiger partial charge in [0.1, 0.15) is 0 Å². The molecule has 1 aromatic carbocycles. The summed E-state index contributed by atoms with van der Waals surface area (Å²) in [5.41, 5.74) is 8.05. The third-order valence-electron chi connectivity index (χ3n) is 2.54. The van der Waals surface area contributed by atoms with E-state index in [2.05, 4.69) is 9.97 Å². The Kier molecular flexibility index (Phi) is 4.80. The molecule has 0 bridgehead atoms. The zero-order valence-corrected chi connectivity index (χ0v) is 12.5. The molecule has 5 heteroatoms. The predicted molar refractivity (Wildman–Crippen MR) is 79.7 cm³/mol. The highest BCUT2D eigenvalue weighted by Gasteiger charge is 2.11. The van der Waals surface area contributed by atoms with Gasteiger partial charge in [-0.25, -0.2) is 9.97 Å². The molecule has 2 N–H and O–H groups in total. The van der Waals surface area contributed by atoms with Gasteiger partial charge in [0.05, 0.1) is 5.02 Å². The molecule has 0 aliphatic carbocycles. The molecule has 19 heavy (non-hydrogen) atoms. The monoisotopic (exact) mass is 293 g/mol. The molecular weight excluding hydrogens is 278 g/mol. The Morgan fingerprint density at radius 3 is 2.63 bits per heavy atom. The van der Waals surface area contributed by atoms with Gasteiger partial charge in [-0.2, -0.15) is 0 Å². The Balaban J connectivity index is 2.30. The summed E-state index contributed by atoms with van der Waals surface area (Å²) in [5.74, 6) is 0. The fourth-order valence-electron chi connectivity index (χ4n) is 1.70. The van der Waals surface area contributed by atoms with E-state index in [4.69, 9.17) is 17.3 Å². The molecule has 0 saturated heterocycles. The van der Waals surface area contributed by atoms with E-state index < -0.39 is 0 Å². The molecule has 0 radical (unpaired) electrons. The normalized spacial score (nSPS) is 12.4. The van der Waals surface area contributed by atoms with Crippen molar-refractivity contribution in [2.75, 3.05) is 0 Å². The van der Waals surface area contributed by atoms with Crippen LogP contribution >= 0.6 is 23.4 Å². The molecule has 2 aromatic rings. The third kappa shape index (κ3) is 3.93. The highest BCUT2D eigenvalue weighted by molar-refractivity contribution is 7.99. The molecule has 3 nitrogen and oxygen atoms in total. The van der Waals surface area contributed by atoms with Crippen LogP contribution in [0.25, 0.3) is 0 Å². The van der Waals surface area contributed by atoms with Crippen molar-refractivity contribution in [1.29, 1.82) is 0 Å². The van der Waals surface area contributed by atoms with Gasteiger partial charge in [-0.1, -0.05) is 23.7 Å². The van der Waals surface area contributed by atoms with Gasteiger partial charge < -0.3 is 5.73 Å². The van der Waals surface area contributed by atoms with Gasteiger partial charge in [0.25, 0.3) is 0 Å². The van der Waals surface area contributed by atoms with Crippen LogP contribution in [0.4, 0.5) is 0 Å². The summed E-state index contributed by atoms with van der Waals surface area (Å²) >= 11 is 7.76. The Hall–Kier alpha value is -1.10. The Morgan fingerprint density at radius 2 is 2.00 bits per heavy atom. The quantitative estimate of drug-likeness (QED) is 0.877. The summed E-state index contributed by atoms with van der Waals surface area (Å²) in [5, 5.41) is 1.41. The zero-order valence-electron chi connectivity index (χ0n) is 10.9. The van der Waals surface area contributed by atoms with Crippen molar-refractivity contribution in [2.45, 2.75) is 36.4 Å². The molecule has 0 aliphatic rings. The third-order valence-corrected chi connectivity index (χ3v) is 4.05. The van der Waals surface area contributed by atoms with Gasteiger partial charge in [-0.15, -0.1) is 0 Å². The fraction of sp³-hybridized carbons (Fsp3) is 0.286. The number of nitrogens with zero attached hydrogens (tertiary/aromatic N) is 2. The lowest BCUT2D eigenvalue weighted by molar-refractivity contribution is 0.729. The molecule has 0 spiro atoms. The first-order chi connectivity index (χ1) is 9.06. The highest BCUT2D eigenvalue weighted by atomic mass is 35.5. The molecule has 2 rings (SSSR count). The second-order valence-corrected chi connectivity index (χ2v) is 5.94. The fourth-order valence-corrected chi connectivity index (χ4v) is 2.85. The van der Waals surface area contributed by atoms with Crippen molar-refractivity contribution in [3.05, 3.63) is 46.7 Å². The minimum atomic E-state index is 0.0942. The lowest BCUT2D eigenvalue weighted by Gasteiger charge is -2.12. The van der Waals surface area contributed by atoms with Crippen LogP contribution < -0.4 is 5.73 Å². The van der Waals surface area contributed by atoms with E-state index in [9.17, 15) is 0 Å². The van der Waals surface area contributed by atoms with Gasteiger partial charge in [0.15, 0.2) is 5.16 Å². The first kappa shape index (κ1) is 14.3. The zero-order chi connectivity index (χ0) is 13.8. The summed E-state index contributed by atoms with van der Waals surface area (Å²) in [6.45, 7) is 3.95. The van der Waals surface area contributed by atoms with E-state index >= 15 is 0 Å². The predicted octanol–water partition coefficient (Wildman–Crippen LogP) is 3.48. The van der Waals surface area contributed by atoms with E-state index in [0.29, 0.717) is 10.2 Å². The Morgan fingerprint density at radius 1 is 1.32 bits per heavy atom. The molecule has 1 atom stereocenters. The van der Waals surface area contributed by atoms with Crippen molar-refractivity contribution >= 4 is 23.4 Å². The summed E-state index contributed by atoms with van der Waals surface area (Å²) in [7, 11) is 0. The second kappa shape index (κ2) is 6.37. The van der Waals surface area contributed by atoms with Gasteiger partial charge in [0, 0.05) is 23.3 Å². The maximum absolute atomic E-state index is 6.28. The molecular formula is C14H16ClN3S. The molecule has 1 heterocycles. The molecule has 0 amide bonds. The van der Waals surface area contributed by atoms with Gasteiger partial charge in [0.2, 0.25) is 0 Å². The summed E-state index contributed by atoms with van der Waals surface area (Å²) < 4.78 is 0. The number of hydrogen-bond acceptors (Lipinski definition) is 4. The van der Waals surface area contributed by atoms with Gasteiger partial charge >= 0.3 is 0 Å². The minimum absolute atomic E-state index is 0.0942. The van der Waals surface area contributed by atoms with E-state index in [1.807, 2.05) is 32.0 Å². The number of nitrogens with two attached hydrogens (primary N) is 1. The summed E-state index contributed by atoms with van der Waals surface area (Å²) in [6, 6.07) is 5.96. The minimum Gasteiger partial charge on any atom is -0.328 e. The maximum atomic E-state index is 6.28. The molecule has 0 fully saturated rings. The van der Waals surface area contributed by atoms with Crippen LogP contribution in [0.3, 0.4) is 0 Å². The number of rotatable bonds is 4. The van der Waals surface area contributed by atoms with Crippen LogP contribution in [0.15, 0.2) is 40.6 Å². The average molecular weight is 294 g/mol. The molecule has 0 aliphatic heterocycles. The van der Waals surface area contributed by atoms with Crippen molar-refractivity contribution < 1.29 is 0 Å². The lowest BCUT2D eigenvalue weighted by atomic mass is 10.1. The Labute approximate surface area is 122 Å². The molecule has 1 unspecified atom stereocenters. The SMILES string of the molecule is Cc1cnc(Sc2c(Cl)cccc2CC(C)N)nc1. The van der Waals surface area contributed by atoms with Crippen LogP contribution in [0.5, 0.6) is 0 Å². The van der Waals surface area contributed by atoms with Crippen LogP contribution in [-0.4, -0.2) is 16.0 Å². The highest BCUT2D eigenvalue weighted by Crippen LogP contribution is 2.34. The number of benzene rings is 1. The van der Waals surface area contributed by atoms with Crippen LogP contribution in [0.2, 0.25) is 5.02 Å². The van der Waals surface area contributed by atoms with Crippen LogP contribution in [0, 0.1) is 6.92 Å². The molecule has 0 saturated carbocycles. The Bertz CT molecular complexity index is 555. The van der Waals surface area contributed by atoms with E-state index in [1.54, 1.807) is 12.4 Å². The lowest BCUT2D eigenvalue weighted by Crippen LogP contribution is -2.18. The number of aryl methyl sites for hydroxylation is 1. The van der Waals surface area contributed by atoms with Crippen molar-refractivity contribution in [1.82, 2.24) is 9.97 Å². The van der Waals surface area contributed by atoms with Crippen molar-refractivity contribution in [3.63, 3.8) is 0 Å². The van der Waals surface area contributed by atoms with E-state index in [0.717, 1.165) is 22.4 Å². The summed E-state index contributed by atoms with van der Waals surface area (Å²) in [6.07, 6.45) is 4.39. The van der Waals surface area contributed by atoms with Gasteiger partial charge in [-0.3, -0.25) is 0 Å². The van der Waals surface area contributed by atoms with Crippen LogP contribution in [0.1, 0.15) is 18.1 Å². The summed E-state index contributed by atoms with van der Waals surface area (Å²) in [4.78, 5) is 9.58. The van der Waals surface area contributed by atoms with E-state index in [-0.39, 0.29) is 6.04 Å². The average Bonchev–Trinajstić information content (AvgIpc) is 2.35. The van der Waals surface area contributed by atoms with Crippen LogP contribution in [-0.2, 0) is 6.42 Å². The second-order valence-electron chi connectivity index (χ2n) is 4.55.